The van der Waals surface area contributed by atoms with Gasteiger partial charge in [-0.25, -0.2) is 9.07 Å². The van der Waals surface area contributed by atoms with Crippen molar-refractivity contribution in [3.63, 3.8) is 0 Å². The molecule has 1 N–H and O–H groups in total. The molecule has 0 aliphatic carbocycles. The Bertz CT molecular complexity index is 1160. The summed E-state index contributed by atoms with van der Waals surface area (Å²) in [7, 11) is 3.65. The number of nitrogens with one attached hydrogen (secondary N) is 1. The molecule has 2 aromatic heterocycles. The second kappa shape index (κ2) is 6.01. The first-order chi connectivity index (χ1) is 12.6. The van der Waals surface area contributed by atoms with E-state index in [1.54, 1.807) is 22.5 Å². The van der Waals surface area contributed by atoms with Crippen molar-refractivity contribution in [3.8, 4) is 23.0 Å². The minimum Gasteiger partial charge on any atom is -0.372 e. The van der Waals surface area contributed by atoms with Gasteiger partial charge in [0.15, 0.2) is 0 Å². The number of hydrogen-bond donors (Lipinski definition) is 1. The standard InChI is InChI=1S/C19H15FN6/c1-22-19-9-18(12-3-4-13(10-21)16(20)8-12)26(24-19)15-5-6-17-14(7-15)11-25(2)23-17/h3-9,11H,1-2H3,(H,22,24). The Morgan fingerprint density at radius 1 is 1.12 bits per heavy atom. The highest BCUT2D eigenvalue weighted by molar-refractivity contribution is 5.81. The van der Waals surface area contributed by atoms with E-state index >= 15 is 0 Å². The van der Waals surface area contributed by atoms with Gasteiger partial charge in [-0.15, -0.1) is 5.10 Å². The number of aryl methyl sites for hydroxylation is 1. The summed E-state index contributed by atoms with van der Waals surface area (Å²) in [5.41, 5.74) is 3.11. The number of anilines is 1. The number of rotatable bonds is 3. The first-order valence-electron chi connectivity index (χ1n) is 8.00. The van der Waals surface area contributed by atoms with Gasteiger partial charge in [0.05, 0.1) is 22.5 Å². The fourth-order valence-corrected chi connectivity index (χ4v) is 2.94. The molecule has 0 atom stereocenters. The topological polar surface area (TPSA) is 71.5 Å². The Morgan fingerprint density at radius 3 is 2.69 bits per heavy atom. The molecule has 4 aromatic rings. The number of nitrogens with zero attached hydrogens (tertiary/aromatic N) is 5. The summed E-state index contributed by atoms with van der Waals surface area (Å²) in [5, 5.41) is 21.9. The van der Waals surface area contributed by atoms with Gasteiger partial charge in [-0.1, -0.05) is 6.07 Å². The maximum atomic E-state index is 14.1. The first kappa shape index (κ1) is 15.8. The largest absolute Gasteiger partial charge is 0.372 e. The lowest BCUT2D eigenvalue weighted by Crippen LogP contribution is -2.00. The number of halogens is 1. The number of hydrogen-bond acceptors (Lipinski definition) is 4. The molecule has 0 amide bonds. The van der Waals surface area contributed by atoms with Crippen molar-refractivity contribution in [2.24, 2.45) is 7.05 Å². The molecule has 0 aliphatic rings. The Labute approximate surface area is 149 Å². The molecule has 0 bridgehead atoms. The third kappa shape index (κ3) is 2.58. The summed E-state index contributed by atoms with van der Waals surface area (Å²) in [6.07, 6.45) is 1.93. The molecule has 7 heteroatoms. The van der Waals surface area contributed by atoms with Crippen LogP contribution in [0.5, 0.6) is 0 Å². The van der Waals surface area contributed by atoms with E-state index in [4.69, 9.17) is 5.26 Å². The molecule has 128 valence electrons. The molecular formula is C19H15FN6. The van der Waals surface area contributed by atoms with Crippen molar-refractivity contribution in [2.75, 3.05) is 12.4 Å². The van der Waals surface area contributed by atoms with Gasteiger partial charge in [-0.2, -0.15) is 10.4 Å². The van der Waals surface area contributed by atoms with Crippen molar-refractivity contribution in [3.05, 3.63) is 60.0 Å². The molecule has 6 nitrogen and oxygen atoms in total. The molecular weight excluding hydrogens is 331 g/mol. The molecule has 4 rings (SSSR count). The van der Waals surface area contributed by atoms with Gasteiger partial charge >= 0.3 is 0 Å². The average Bonchev–Trinajstić information content (AvgIpc) is 3.23. The fourth-order valence-electron chi connectivity index (χ4n) is 2.94. The summed E-state index contributed by atoms with van der Waals surface area (Å²) < 4.78 is 17.6. The fraction of sp³-hybridized carbons (Fsp3) is 0.105. The highest BCUT2D eigenvalue weighted by Crippen LogP contribution is 2.28. The molecule has 0 radical (unpaired) electrons. The van der Waals surface area contributed by atoms with Crippen molar-refractivity contribution >= 4 is 16.7 Å². The van der Waals surface area contributed by atoms with E-state index in [0.29, 0.717) is 11.4 Å². The first-order valence-corrected chi connectivity index (χ1v) is 8.00. The van der Waals surface area contributed by atoms with E-state index in [9.17, 15) is 4.39 Å². The summed E-state index contributed by atoms with van der Waals surface area (Å²) >= 11 is 0. The lowest BCUT2D eigenvalue weighted by Gasteiger charge is -2.08. The van der Waals surface area contributed by atoms with Crippen LogP contribution in [0.2, 0.25) is 0 Å². The highest BCUT2D eigenvalue weighted by Gasteiger charge is 2.14. The lowest BCUT2D eigenvalue weighted by atomic mass is 10.1. The maximum absolute atomic E-state index is 14.1. The van der Waals surface area contributed by atoms with Crippen LogP contribution in [0, 0.1) is 17.1 Å². The van der Waals surface area contributed by atoms with Crippen LogP contribution in [0.4, 0.5) is 10.2 Å². The molecule has 26 heavy (non-hydrogen) atoms. The van der Waals surface area contributed by atoms with Crippen LogP contribution in [-0.4, -0.2) is 26.6 Å². The lowest BCUT2D eigenvalue weighted by molar-refractivity contribution is 0.624. The van der Waals surface area contributed by atoms with Crippen LogP contribution in [0.25, 0.3) is 27.8 Å². The maximum Gasteiger partial charge on any atom is 0.148 e. The molecule has 0 spiro atoms. The summed E-state index contributed by atoms with van der Waals surface area (Å²) in [6, 6.07) is 14.1. The summed E-state index contributed by atoms with van der Waals surface area (Å²) in [5.74, 6) is 0.113. The second-order valence-corrected chi connectivity index (χ2v) is 5.93. The average molecular weight is 346 g/mol. The van der Waals surface area contributed by atoms with Crippen LogP contribution < -0.4 is 5.32 Å². The molecule has 0 unspecified atom stereocenters. The summed E-state index contributed by atoms with van der Waals surface area (Å²) in [6.45, 7) is 0. The van der Waals surface area contributed by atoms with Gasteiger partial charge in [0.1, 0.15) is 17.7 Å². The van der Waals surface area contributed by atoms with Crippen LogP contribution in [-0.2, 0) is 7.05 Å². The number of nitriles is 1. The molecule has 0 saturated heterocycles. The molecule has 0 aliphatic heterocycles. The quantitative estimate of drug-likeness (QED) is 0.616. The van der Waals surface area contributed by atoms with Crippen molar-refractivity contribution in [2.45, 2.75) is 0 Å². The van der Waals surface area contributed by atoms with Gasteiger partial charge < -0.3 is 5.32 Å². The van der Waals surface area contributed by atoms with Crippen molar-refractivity contribution in [1.82, 2.24) is 19.6 Å². The van der Waals surface area contributed by atoms with E-state index in [-0.39, 0.29) is 5.56 Å². The van der Waals surface area contributed by atoms with E-state index in [2.05, 4.69) is 15.5 Å². The Hall–Kier alpha value is -3.66. The minimum atomic E-state index is -0.550. The third-order valence-electron chi connectivity index (χ3n) is 4.20. The van der Waals surface area contributed by atoms with E-state index in [1.807, 2.05) is 43.6 Å². The molecule has 2 aromatic carbocycles. The Morgan fingerprint density at radius 2 is 1.96 bits per heavy atom. The zero-order chi connectivity index (χ0) is 18.3. The zero-order valence-electron chi connectivity index (χ0n) is 14.2. The number of benzene rings is 2. The van der Waals surface area contributed by atoms with E-state index in [0.717, 1.165) is 22.3 Å². The van der Waals surface area contributed by atoms with Gasteiger partial charge in [-0.3, -0.25) is 4.68 Å². The minimum absolute atomic E-state index is 0.0189. The van der Waals surface area contributed by atoms with E-state index in [1.165, 1.54) is 12.1 Å². The molecule has 0 saturated carbocycles. The van der Waals surface area contributed by atoms with Crippen LogP contribution in [0.1, 0.15) is 5.56 Å². The molecule has 2 heterocycles. The zero-order valence-corrected chi connectivity index (χ0v) is 14.2. The van der Waals surface area contributed by atoms with Crippen LogP contribution in [0.3, 0.4) is 0 Å². The number of aromatic nitrogens is 4. The second-order valence-electron chi connectivity index (χ2n) is 5.93. The highest BCUT2D eigenvalue weighted by atomic mass is 19.1. The Kier molecular flexibility index (Phi) is 3.66. The van der Waals surface area contributed by atoms with Gasteiger partial charge in [0.2, 0.25) is 0 Å². The third-order valence-corrected chi connectivity index (χ3v) is 4.20. The molecule has 0 fully saturated rings. The van der Waals surface area contributed by atoms with Gasteiger partial charge in [-0.05, 0) is 30.3 Å². The van der Waals surface area contributed by atoms with Gasteiger partial charge in [0.25, 0.3) is 0 Å². The van der Waals surface area contributed by atoms with Crippen molar-refractivity contribution in [1.29, 1.82) is 5.26 Å². The Balaban J connectivity index is 1.89. The SMILES string of the molecule is CNc1cc(-c2ccc(C#N)c(F)c2)n(-c2ccc3nn(C)cc3c2)n1. The summed E-state index contributed by atoms with van der Waals surface area (Å²) in [4.78, 5) is 0. The van der Waals surface area contributed by atoms with Crippen LogP contribution in [0.15, 0.2) is 48.7 Å². The van der Waals surface area contributed by atoms with Crippen LogP contribution >= 0.6 is 0 Å². The smallest absolute Gasteiger partial charge is 0.148 e. The predicted molar refractivity (Wildman–Crippen MR) is 97.5 cm³/mol. The normalized spacial score (nSPS) is 10.8. The number of fused-ring (bicyclic) bond motifs is 1. The monoisotopic (exact) mass is 346 g/mol. The predicted octanol–water partition coefficient (Wildman–Crippen LogP) is 3.48. The van der Waals surface area contributed by atoms with Gasteiger partial charge in [0, 0.05) is 37.3 Å². The van der Waals surface area contributed by atoms with E-state index < -0.39 is 5.82 Å². The van der Waals surface area contributed by atoms with Crippen molar-refractivity contribution < 1.29 is 4.39 Å².